The first kappa shape index (κ1) is 21.2. The van der Waals surface area contributed by atoms with E-state index in [1.54, 1.807) is 14.2 Å². The number of nitrogens with one attached hydrogen (secondary N) is 1. The number of nitrogens with zero attached hydrogens (tertiary/aromatic N) is 2. The van der Waals surface area contributed by atoms with E-state index >= 15 is 0 Å². The third kappa shape index (κ3) is 4.57. The van der Waals surface area contributed by atoms with Crippen molar-refractivity contribution in [2.24, 2.45) is 10.7 Å². The predicted molar refractivity (Wildman–Crippen MR) is 121 cm³/mol. The molecule has 29 heavy (non-hydrogen) atoms. The number of nitrogens with two attached hydrogens (primary N) is 1. The monoisotopic (exact) mass is 432 g/mol. The summed E-state index contributed by atoms with van der Waals surface area (Å²) in [6.07, 6.45) is 0. The fraction of sp³-hybridized carbons (Fsp3) is 0.286. The molecule has 0 atom stereocenters. The molecule has 1 aliphatic heterocycles. The van der Waals surface area contributed by atoms with Crippen molar-refractivity contribution in [1.29, 1.82) is 0 Å². The van der Waals surface area contributed by atoms with Gasteiger partial charge in [0.1, 0.15) is 10.9 Å². The minimum Gasteiger partial charge on any atom is -0.493 e. The van der Waals surface area contributed by atoms with Gasteiger partial charge in [-0.3, -0.25) is 0 Å². The van der Waals surface area contributed by atoms with Crippen molar-refractivity contribution in [2.45, 2.75) is 18.7 Å². The lowest BCUT2D eigenvalue weighted by molar-refractivity contribution is 0.355. The molecule has 0 aromatic heterocycles. The van der Waals surface area contributed by atoms with Crippen LogP contribution in [0.3, 0.4) is 0 Å². The Bertz CT molecular complexity index is 940. The molecule has 0 fully saturated rings. The number of methoxy groups -OCH3 is 2. The van der Waals surface area contributed by atoms with Crippen LogP contribution in [0.4, 0.5) is 5.69 Å². The first-order valence-corrected chi connectivity index (χ1v) is 10.5. The Balaban J connectivity index is 2.07. The second-order valence-corrected chi connectivity index (χ2v) is 7.81. The van der Waals surface area contributed by atoms with Crippen molar-refractivity contribution < 1.29 is 9.47 Å². The zero-order valence-electron chi connectivity index (χ0n) is 17.0. The van der Waals surface area contributed by atoms with Gasteiger partial charge >= 0.3 is 0 Å². The van der Waals surface area contributed by atoms with Gasteiger partial charge in [-0.2, -0.15) is 0 Å². The molecule has 0 spiro atoms. The van der Waals surface area contributed by atoms with Crippen molar-refractivity contribution >= 4 is 34.9 Å². The average molecular weight is 433 g/mol. The maximum atomic E-state index is 6.41. The van der Waals surface area contributed by atoms with Gasteiger partial charge in [-0.1, -0.05) is 23.4 Å². The molecule has 6 nitrogen and oxygen atoms in total. The fourth-order valence-electron chi connectivity index (χ4n) is 3.05. The third-order valence-electron chi connectivity index (χ3n) is 4.57. The number of hydrogen-bond donors (Lipinski definition) is 2. The molecule has 1 aliphatic rings. The minimum atomic E-state index is 0.567. The second-order valence-electron chi connectivity index (χ2n) is 6.25. The van der Waals surface area contributed by atoms with Gasteiger partial charge in [0, 0.05) is 34.6 Å². The molecule has 2 aromatic carbocycles. The Morgan fingerprint density at radius 2 is 1.72 bits per heavy atom. The molecule has 0 saturated heterocycles. The largest absolute Gasteiger partial charge is 0.493 e. The van der Waals surface area contributed by atoms with Crippen LogP contribution in [0, 0.1) is 0 Å². The van der Waals surface area contributed by atoms with Crippen molar-refractivity contribution in [3.8, 4) is 11.5 Å². The molecule has 0 saturated carbocycles. The molecule has 3 rings (SSSR count). The Hall–Kier alpha value is -2.51. The lowest BCUT2D eigenvalue weighted by Crippen LogP contribution is -2.34. The molecule has 0 aliphatic carbocycles. The number of amidine groups is 1. The molecule has 1 heterocycles. The number of rotatable bonds is 6. The summed E-state index contributed by atoms with van der Waals surface area (Å²) < 4.78 is 11.0. The highest BCUT2D eigenvalue weighted by Gasteiger charge is 2.25. The number of anilines is 1. The standard InChI is InChI=1S/C21H25ClN4O2S/c1-5-26(6-2)21-15-11-17(27-3)18(28-4)12-16(15)24-20(25-21)19(23)29-14-9-7-13(22)8-10-14/h7-12,24H,5-6,23H2,1-4H3/b20-19-. The van der Waals surface area contributed by atoms with Crippen LogP contribution in [-0.4, -0.2) is 38.0 Å². The van der Waals surface area contributed by atoms with Crippen molar-refractivity contribution in [3.05, 3.63) is 57.8 Å². The minimum absolute atomic E-state index is 0.567. The normalized spacial score (nSPS) is 14.4. The van der Waals surface area contributed by atoms with Gasteiger partial charge in [0.15, 0.2) is 17.3 Å². The Kier molecular flexibility index (Phi) is 6.82. The van der Waals surface area contributed by atoms with E-state index in [1.807, 2.05) is 36.4 Å². The van der Waals surface area contributed by atoms with Crippen LogP contribution in [0.15, 0.2) is 57.1 Å². The van der Waals surface area contributed by atoms with E-state index in [4.69, 9.17) is 31.8 Å². The number of ether oxygens (including phenoxy) is 2. The number of thioether (sulfide) groups is 1. The summed E-state index contributed by atoms with van der Waals surface area (Å²) >= 11 is 7.41. The Labute approximate surface area is 180 Å². The first-order valence-electron chi connectivity index (χ1n) is 9.30. The number of aliphatic imine (C=N–C) groups is 1. The van der Waals surface area contributed by atoms with Crippen LogP contribution in [0.25, 0.3) is 0 Å². The van der Waals surface area contributed by atoms with E-state index in [1.165, 1.54) is 11.8 Å². The lowest BCUT2D eigenvalue weighted by Gasteiger charge is -2.29. The number of fused-ring (bicyclic) bond motifs is 1. The van der Waals surface area contributed by atoms with Crippen LogP contribution in [0.5, 0.6) is 11.5 Å². The summed E-state index contributed by atoms with van der Waals surface area (Å²) in [5.74, 6) is 2.75. The quantitative estimate of drug-likeness (QED) is 0.642. The average Bonchev–Trinajstić information content (AvgIpc) is 2.74. The second kappa shape index (κ2) is 9.33. The highest BCUT2D eigenvalue weighted by Crippen LogP contribution is 2.38. The molecule has 0 bridgehead atoms. The van der Waals surface area contributed by atoms with Gasteiger partial charge in [0.25, 0.3) is 0 Å². The Morgan fingerprint density at radius 3 is 2.31 bits per heavy atom. The molecule has 2 aromatic rings. The highest BCUT2D eigenvalue weighted by molar-refractivity contribution is 8.03. The van der Waals surface area contributed by atoms with Gasteiger partial charge in [0.2, 0.25) is 0 Å². The van der Waals surface area contributed by atoms with Crippen molar-refractivity contribution in [2.75, 3.05) is 32.6 Å². The van der Waals surface area contributed by atoms with Gasteiger partial charge < -0.3 is 25.4 Å². The summed E-state index contributed by atoms with van der Waals surface area (Å²) in [5, 5.41) is 4.60. The van der Waals surface area contributed by atoms with Crippen LogP contribution in [-0.2, 0) is 0 Å². The molecule has 3 N–H and O–H groups in total. The lowest BCUT2D eigenvalue weighted by atomic mass is 10.1. The van der Waals surface area contributed by atoms with Gasteiger partial charge in [-0.25, -0.2) is 4.99 Å². The van der Waals surface area contributed by atoms with Crippen molar-refractivity contribution in [3.63, 3.8) is 0 Å². The molecular formula is C21H25ClN4O2S. The maximum Gasteiger partial charge on any atom is 0.163 e. The molecule has 154 valence electrons. The first-order chi connectivity index (χ1) is 14.0. The van der Waals surface area contributed by atoms with E-state index in [2.05, 4.69) is 24.1 Å². The van der Waals surface area contributed by atoms with Crippen LogP contribution in [0.1, 0.15) is 19.4 Å². The van der Waals surface area contributed by atoms with Crippen LogP contribution >= 0.6 is 23.4 Å². The number of hydrogen-bond acceptors (Lipinski definition) is 7. The van der Waals surface area contributed by atoms with E-state index in [0.717, 1.165) is 35.1 Å². The Morgan fingerprint density at radius 1 is 1.10 bits per heavy atom. The van der Waals surface area contributed by atoms with E-state index < -0.39 is 0 Å². The number of benzene rings is 2. The zero-order valence-corrected chi connectivity index (χ0v) is 18.5. The predicted octanol–water partition coefficient (Wildman–Crippen LogP) is 4.75. The zero-order chi connectivity index (χ0) is 21.0. The van der Waals surface area contributed by atoms with E-state index in [9.17, 15) is 0 Å². The summed E-state index contributed by atoms with van der Waals surface area (Å²) in [5.41, 5.74) is 8.23. The molecule has 0 radical (unpaired) electrons. The van der Waals surface area contributed by atoms with Crippen molar-refractivity contribution in [1.82, 2.24) is 4.90 Å². The fourth-order valence-corrected chi connectivity index (χ4v) is 3.89. The topological polar surface area (TPSA) is 72.1 Å². The van der Waals surface area contributed by atoms with E-state index in [0.29, 0.717) is 27.4 Å². The molecule has 0 unspecified atom stereocenters. The van der Waals surface area contributed by atoms with Crippen LogP contribution in [0.2, 0.25) is 5.02 Å². The van der Waals surface area contributed by atoms with Crippen LogP contribution < -0.4 is 20.5 Å². The number of halogens is 1. The third-order valence-corrected chi connectivity index (χ3v) is 5.75. The summed E-state index contributed by atoms with van der Waals surface area (Å²) in [4.78, 5) is 8.02. The van der Waals surface area contributed by atoms with E-state index in [-0.39, 0.29) is 0 Å². The molecule has 0 amide bonds. The van der Waals surface area contributed by atoms with Gasteiger partial charge in [-0.05, 0) is 44.2 Å². The molecular weight excluding hydrogens is 408 g/mol. The summed E-state index contributed by atoms with van der Waals surface area (Å²) in [7, 11) is 3.24. The molecule has 8 heteroatoms. The van der Waals surface area contributed by atoms with Gasteiger partial charge in [0.05, 0.1) is 19.9 Å². The highest BCUT2D eigenvalue weighted by atomic mass is 35.5. The SMILES string of the molecule is CCN(CC)C1=N/C(=C(/N)Sc2ccc(Cl)cc2)Nc2cc(OC)c(OC)cc21. The van der Waals surface area contributed by atoms with Gasteiger partial charge in [-0.15, -0.1) is 0 Å². The summed E-state index contributed by atoms with van der Waals surface area (Å²) in [6, 6.07) is 11.4. The summed E-state index contributed by atoms with van der Waals surface area (Å²) in [6.45, 7) is 5.84. The smallest absolute Gasteiger partial charge is 0.163 e. The maximum absolute atomic E-state index is 6.41.